The van der Waals surface area contributed by atoms with Gasteiger partial charge in [-0.15, -0.1) is 0 Å². The maximum Gasteiger partial charge on any atom is 0.263 e. The first-order valence-corrected chi connectivity index (χ1v) is 9.47. The zero-order valence-electron chi connectivity index (χ0n) is 15.2. The van der Waals surface area contributed by atoms with Gasteiger partial charge in [0.15, 0.2) is 6.10 Å². The van der Waals surface area contributed by atoms with E-state index in [9.17, 15) is 9.59 Å². The van der Waals surface area contributed by atoms with Gasteiger partial charge in [0, 0.05) is 29.7 Å². The van der Waals surface area contributed by atoms with Gasteiger partial charge in [0.05, 0.1) is 0 Å². The molecule has 0 radical (unpaired) electrons. The smallest absolute Gasteiger partial charge is 0.263 e. The van der Waals surface area contributed by atoms with Crippen LogP contribution in [0.5, 0.6) is 5.75 Å². The second kappa shape index (κ2) is 8.91. The molecule has 0 spiro atoms. The van der Waals surface area contributed by atoms with Crippen molar-refractivity contribution < 1.29 is 14.3 Å². The van der Waals surface area contributed by atoms with Crippen molar-refractivity contribution in [3.05, 3.63) is 59.6 Å². The third-order valence-electron chi connectivity index (χ3n) is 4.68. The number of piperidine rings is 1. The SMILES string of the molecule is CC(Oc1cccc(Cl)c1)C(=O)N1CCC(C(=O)Nc2ccccc2)CC1. The average Bonchev–Trinajstić information content (AvgIpc) is 2.68. The Kier molecular flexibility index (Phi) is 6.35. The molecule has 0 saturated carbocycles. The molecule has 1 aliphatic rings. The Morgan fingerprint density at radius 3 is 2.48 bits per heavy atom. The second-order valence-corrected chi connectivity index (χ2v) is 7.11. The normalized spacial score (nSPS) is 15.9. The first kappa shape index (κ1) is 19.2. The fourth-order valence-electron chi connectivity index (χ4n) is 3.18. The molecule has 27 heavy (non-hydrogen) atoms. The highest BCUT2D eigenvalue weighted by molar-refractivity contribution is 6.30. The molecule has 0 bridgehead atoms. The van der Waals surface area contributed by atoms with E-state index >= 15 is 0 Å². The molecule has 0 aliphatic carbocycles. The van der Waals surface area contributed by atoms with Gasteiger partial charge in [-0.2, -0.15) is 0 Å². The van der Waals surface area contributed by atoms with E-state index in [4.69, 9.17) is 16.3 Å². The molecule has 1 heterocycles. The Hall–Kier alpha value is -2.53. The number of para-hydroxylation sites is 1. The molecule has 1 atom stereocenters. The topological polar surface area (TPSA) is 58.6 Å². The minimum atomic E-state index is -0.599. The molecule has 1 fully saturated rings. The van der Waals surface area contributed by atoms with Crippen LogP contribution in [0.2, 0.25) is 5.02 Å². The van der Waals surface area contributed by atoms with Crippen molar-refractivity contribution in [2.45, 2.75) is 25.9 Å². The number of halogens is 1. The van der Waals surface area contributed by atoms with Crippen LogP contribution in [-0.4, -0.2) is 35.9 Å². The van der Waals surface area contributed by atoms with Gasteiger partial charge in [-0.25, -0.2) is 0 Å². The molecular formula is C21H23ClN2O3. The number of hydrogen-bond acceptors (Lipinski definition) is 3. The fraction of sp³-hybridized carbons (Fsp3) is 0.333. The number of ether oxygens (including phenoxy) is 1. The summed E-state index contributed by atoms with van der Waals surface area (Å²) in [5, 5.41) is 3.50. The van der Waals surface area contributed by atoms with Crippen LogP contribution in [0.1, 0.15) is 19.8 Å². The lowest BCUT2D eigenvalue weighted by Crippen LogP contribution is -2.46. The Bertz CT molecular complexity index is 789. The van der Waals surface area contributed by atoms with Crippen LogP contribution in [0.15, 0.2) is 54.6 Å². The summed E-state index contributed by atoms with van der Waals surface area (Å²) in [4.78, 5) is 26.8. The maximum atomic E-state index is 12.6. The molecule has 0 aromatic heterocycles. The van der Waals surface area contributed by atoms with Crippen LogP contribution in [0.4, 0.5) is 5.69 Å². The second-order valence-electron chi connectivity index (χ2n) is 6.67. The Morgan fingerprint density at radius 2 is 1.81 bits per heavy atom. The summed E-state index contributed by atoms with van der Waals surface area (Å²) in [6.07, 6.45) is 0.695. The number of benzene rings is 2. The van der Waals surface area contributed by atoms with Crippen molar-refractivity contribution in [2.75, 3.05) is 18.4 Å². The van der Waals surface area contributed by atoms with Crippen LogP contribution < -0.4 is 10.1 Å². The van der Waals surface area contributed by atoms with Crippen molar-refractivity contribution in [1.29, 1.82) is 0 Å². The molecule has 5 nitrogen and oxygen atoms in total. The van der Waals surface area contributed by atoms with Crippen molar-refractivity contribution in [3.63, 3.8) is 0 Å². The lowest BCUT2D eigenvalue weighted by atomic mass is 9.95. The quantitative estimate of drug-likeness (QED) is 0.845. The predicted octanol–water partition coefficient (Wildman–Crippen LogP) is 3.98. The van der Waals surface area contributed by atoms with Gasteiger partial charge in [-0.3, -0.25) is 9.59 Å². The number of anilines is 1. The highest BCUT2D eigenvalue weighted by atomic mass is 35.5. The predicted molar refractivity (Wildman–Crippen MR) is 106 cm³/mol. The number of carbonyl (C=O) groups excluding carboxylic acids is 2. The summed E-state index contributed by atoms with van der Waals surface area (Å²) in [7, 11) is 0. The minimum Gasteiger partial charge on any atom is -0.481 e. The van der Waals surface area contributed by atoms with Crippen LogP contribution >= 0.6 is 11.6 Å². The fourth-order valence-corrected chi connectivity index (χ4v) is 3.36. The van der Waals surface area contributed by atoms with Crippen LogP contribution in [-0.2, 0) is 9.59 Å². The molecule has 1 N–H and O–H groups in total. The summed E-state index contributed by atoms with van der Waals surface area (Å²) in [5.41, 5.74) is 0.796. The highest BCUT2D eigenvalue weighted by Crippen LogP contribution is 2.22. The molecule has 2 aromatic carbocycles. The Balaban J connectivity index is 1.49. The van der Waals surface area contributed by atoms with Gasteiger partial charge < -0.3 is 15.0 Å². The van der Waals surface area contributed by atoms with E-state index in [0.29, 0.717) is 36.7 Å². The Labute approximate surface area is 164 Å². The van der Waals surface area contributed by atoms with Crippen molar-refractivity contribution in [1.82, 2.24) is 4.90 Å². The van der Waals surface area contributed by atoms with E-state index in [1.165, 1.54) is 0 Å². The van der Waals surface area contributed by atoms with Crippen LogP contribution in [0.3, 0.4) is 0 Å². The van der Waals surface area contributed by atoms with Gasteiger partial charge in [0.1, 0.15) is 5.75 Å². The molecule has 1 aliphatic heterocycles. The standard InChI is InChI=1S/C21H23ClN2O3/c1-15(27-19-9-5-6-17(22)14-19)21(26)24-12-10-16(11-13-24)20(25)23-18-7-3-2-4-8-18/h2-9,14-16H,10-13H2,1H3,(H,23,25). The van der Waals surface area contributed by atoms with Crippen molar-refractivity contribution >= 4 is 29.1 Å². The van der Waals surface area contributed by atoms with E-state index < -0.39 is 6.10 Å². The number of likely N-dealkylation sites (tertiary alicyclic amines) is 1. The number of amides is 2. The minimum absolute atomic E-state index is 0.0107. The number of carbonyl (C=O) groups is 2. The number of hydrogen-bond donors (Lipinski definition) is 1. The third kappa shape index (κ3) is 5.23. The van der Waals surface area contributed by atoms with E-state index in [1.807, 2.05) is 30.3 Å². The van der Waals surface area contributed by atoms with Gasteiger partial charge in [0.2, 0.25) is 5.91 Å². The summed E-state index contributed by atoms with van der Waals surface area (Å²) < 4.78 is 5.71. The lowest BCUT2D eigenvalue weighted by Gasteiger charge is -2.33. The molecule has 6 heteroatoms. The molecule has 2 amide bonds. The lowest BCUT2D eigenvalue weighted by molar-refractivity contribution is -0.140. The average molecular weight is 387 g/mol. The van der Waals surface area contributed by atoms with Gasteiger partial charge in [0.25, 0.3) is 5.91 Å². The third-order valence-corrected chi connectivity index (χ3v) is 4.91. The largest absolute Gasteiger partial charge is 0.481 e. The van der Waals surface area contributed by atoms with E-state index in [0.717, 1.165) is 5.69 Å². The monoisotopic (exact) mass is 386 g/mol. The molecule has 2 aromatic rings. The number of rotatable bonds is 5. The first-order chi connectivity index (χ1) is 13.0. The van der Waals surface area contributed by atoms with Crippen molar-refractivity contribution in [2.24, 2.45) is 5.92 Å². The summed E-state index contributed by atoms with van der Waals surface area (Å²) in [6.45, 7) is 2.83. The summed E-state index contributed by atoms with van der Waals surface area (Å²) >= 11 is 5.95. The zero-order chi connectivity index (χ0) is 19.2. The number of nitrogens with one attached hydrogen (secondary N) is 1. The van der Waals surface area contributed by atoms with Gasteiger partial charge >= 0.3 is 0 Å². The van der Waals surface area contributed by atoms with E-state index in [-0.39, 0.29) is 17.7 Å². The van der Waals surface area contributed by atoms with Crippen molar-refractivity contribution in [3.8, 4) is 5.75 Å². The molecule has 1 unspecified atom stereocenters. The Morgan fingerprint density at radius 1 is 1.11 bits per heavy atom. The van der Waals surface area contributed by atoms with E-state index in [2.05, 4.69) is 5.32 Å². The van der Waals surface area contributed by atoms with Crippen LogP contribution in [0, 0.1) is 5.92 Å². The van der Waals surface area contributed by atoms with E-state index in [1.54, 1.807) is 36.1 Å². The first-order valence-electron chi connectivity index (χ1n) is 9.10. The number of nitrogens with zero attached hydrogens (tertiary/aromatic N) is 1. The maximum absolute atomic E-state index is 12.6. The molecule has 3 rings (SSSR count). The molecule has 1 saturated heterocycles. The summed E-state index contributed by atoms with van der Waals surface area (Å²) in [6, 6.07) is 16.4. The molecular weight excluding hydrogens is 364 g/mol. The van der Waals surface area contributed by atoms with Gasteiger partial charge in [-0.05, 0) is 50.1 Å². The molecule has 142 valence electrons. The highest BCUT2D eigenvalue weighted by Gasteiger charge is 2.30. The summed E-state index contributed by atoms with van der Waals surface area (Å²) in [5.74, 6) is 0.423. The zero-order valence-corrected chi connectivity index (χ0v) is 16.0. The van der Waals surface area contributed by atoms with Gasteiger partial charge in [-0.1, -0.05) is 35.9 Å². The van der Waals surface area contributed by atoms with Crippen LogP contribution in [0.25, 0.3) is 0 Å².